The largest absolute Gasteiger partial charge is 0.462 e. The zero-order valence-electron chi connectivity index (χ0n) is 15.1. The van der Waals surface area contributed by atoms with Gasteiger partial charge in [0.25, 0.3) is 0 Å². The lowest BCUT2D eigenvalue weighted by Crippen LogP contribution is -2.28. The molecule has 0 fully saturated rings. The summed E-state index contributed by atoms with van der Waals surface area (Å²) in [6, 6.07) is 14.1. The summed E-state index contributed by atoms with van der Waals surface area (Å²) in [7, 11) is 1.65. The van der Waals surface area contributed by atoms with Crippen LogP contribution in [0.4, 0.5) is 10.5 Å². The summed E-state index contributed by atoms with van der Waals surface area (Å²) in [5.41, 5.74) is 3.14. The molecule has 0 aliphatic carbocycles. The molecule has 6 nitrogen and oxygen atoms in total. The topological polar surface area (TPSA) is 76.7 Å². The summed E-state index contributed by atoms with van der Waals surface area (Å²) in [4.78, 5) is 23.7. The number of rotatable bonds is 8. The summed E-state index contributed by atoms with van der Waals surface area (Å²) in [6.45, 7) is 3.32. The number of esters is 1. The van der Waals surface area contributed by atoms with Gasteiger partial charge in [0.05, 0.1) is 18.8 Å². The molecule has 0 aromatic heterocycles. The highest BCUT2D eigenvalue weighted by Crippen LogP contribution is 2.11. The number of hydrogen-bond acceptors (Lipinski definition) is 4. The first-order valence-corrected chi connectivity index (χ1v) is 8.51. The van der Waals surface area contributed by atoms with E-state index < -0.39 is 0 Å². The van der Waals surface area contributed by atoms with Crippen molar-refractivity contribution in [1.29, 1.82) is 0 Å². The third-order valence-corrected chi connectivity index (χ3v) is 3.60. The summed E-state index contributed by atoms with van der Waals surface area (Å²) in [5.74, 6) is -0.361. The molecule has 0 bridgehead atoms. The van der Waals surface area contributed by atoms with E-state index in [9.17, 15) is 9.59 Å². The van der Waals surface area contributed by atoms with Crippen LogP contribution in [0.15, 0.2) is 48.5 Å². The Labute approximate surface area is 153 Å². The van der Waals surface area contributed by atoms with Gasteiger partial charge in [-0.2, -0.15) is 0 Å². The zero-order valence-corrected chi connectivity index (χ0v) is 15.1. The Morgan fingerprint density at radius 3 is 2.23 bits per heavy atom. The van der Waals surface area contributed by atoms with Crippen molar-refractivity contribution in [2.45, 2.75) is 26.5 Å². The van der Waals surface area contributed by atoms with Crippen LogP contribution in [0.1, 0.15) is 34.8 Å². The van der Waals surface area contributed by atoms with E-state index in [2.05, 4.69) is 10.6 Å². The maximum atomic E-state index is 12.0. The smallest absolute Gasteiger partial charge is 0.338 e. The van der Waals surface area contributed by atoms with E-state index in [-0.39, 0.29) is 12.0 Å². The molecule has 2 rings (SSSR count). The van der Waals surface area contributed by atoms with E-state index in [0.717, 1.165) is 17.5 Å². The summed E-state index contributed by atoms with van der Waals surface area (Å²) < 4.78 is 10.1. The van der Waals surface area contributed by atoms with E-state index >= 15 is 0 Å². The number of hydrogen-bond donors (Lipinski definition) is 2. The summed E-state index contributed by atoms with van der Waals surface area (Å²) >= 11 is 0. The number of carbonyl (C=O) groups is 2. The molecule has 0 spiro atoms. The molecule has 2 N–H and O–H groups in total. The lowest BCUT2D eigenvalue weighted by atomic mass is 10.1. The van der Waals surface area contributed by atoms with Gasteiger partial charge in [0.15, 0.2) is 0 Å². The van der Waals surface area contributed by atoms with Crippen LogP contribution in [-0.4, -0.2) is 25.7 Å². The van der Waals surface area contributed by atoms with E-state index in [1.807, 2.05) is 31.2 Å². The SMILES string of the molecule is CCCOC(=O)c1ccc(NC(=O)NCc2ccc(COC)cc2)cc1. The molecule has 0 unspecified atom stereocenters. The minimum absolute atomic E-state index is 0.313. The van der Waals surface area contributed by atoms with Gasteiger partial charge in [-0.05, 0) is 41.8 Å². The number of ether oxygens (including phenoxy) is 2. The number of benzene rings is 2. The van der Waals surface area contributed by atoms with Crippen molar-refractivity contribution in [1.82, 2.24) is 5.32 Å². The molecule has 0 heterocycles. The van der Waals surface area contributed by atoms with Gasteiger partial charge in [-0.15, -0.1) is 0 Å². The van der Waals surface area contributed by atoms with Crippen molar-refractivity contribution in [3.05, 3.63) is 65.2 Å². The molecular formula is C20H24N2O4. The fourth-order valence-corrected chi connectivity index (χ4v) is 2.25. The van der Waals surface area contributed by atoms with Gasteiger partial charge in [-0.3, -0.25) is 0 Å². The number of urea groups is 1. The van der Waals surface area contributed by atoms with Crippen LogP contribution >= 0.6 is 0 Å². The monoisotopic (exact) mass is 356 g/mol. The minimum atomic E-state index is -0.361. The average Bonchev–Trinajstić information content (AvgIpc) is 2.66. The maximum absolute atomic E-state index is 12.0. The molecule has 138 valence electrons. The molecule has 0 aliphatic rings. The zero-order chi connectivity index (χ0) is 18.8. The van der Waals surface area contributed by atoms with E-state index in [0.29, 0.717) is 31.0 Å². The fraction of sp³-hybridized carbons (Fsp3) is 0.300. The van der Waals surface area contributed by atoms with Crippen molar-refractivity contribution in [2.24, 2.45) is 0 Å². The second kappa shape index (κ2) is 10.2. The number of carbonyl (C=O) groups excluding carboxylic acids is 2. The average molecular weight is 356 g/mol. The van der Waals surface area contributed by atoms with Gasteiger partial charge in [0.1, 0.15) is 0 Å². The Hall–Kier alpha value is -2.86. The van der Waals surface area contributed by atoms with Crippen LogP contribution in [0.2, 0.25) is 0 Å². The first kappa shape index (κ1) is 19.5. The van der Waals surface area contributed by atoms with Crippen molar-refractivity contribution < 1.29 is 19.1 Å². The van der Waals surface area contributed by atoms with Gasteiger partial charge >= 0.3 is 12.0 Å². The van der Waals surface area contributed by atoms with Crippen LogP contribution in [0.5, 0.6) is 0 Å². The van der Waals surface area contributed by atoms with Crippen LogP contribution in [-0.2, 0) is 22.6 Å². The Kier molecular flexibility index (Phi) is 7.64. The van der Waals surface area contributed by atoms with Gasteiger partial charge < -0.3 is 20.1 Å². The number of nitrogens with one attached hydrogen (secondary N) is 2. The Bertz CT molecular complexity index is 712. The third-order valence-electron chi connectivity index (χ3n) is 3.60. The van der Waals surface area contributed by atoms with Gasteiger partial charge in [0.2, 0.25) is 0 Å². The number of amides is 2. The molecule has 0 radical (unpaired) electrons. The normalized spacial score (nSPS) is 10.2. The van der Waals surface area contributed by atoms with Gasteiger partial charge in [0, 0.05) is 19.3 Å². The molecule has 2 aromatic carbocycles. The molecule has 0 saturated carbocycles. The Morgan fingerprint density at radius 1 is 0.962 bits per heavy atom. The lowest BCUT2D eigenvalue weighted by Gasteiger charge is -2.09. The van der Waals surface area contributed by atoms with Crippen LogP contribution in [0.3, 0.4) is 0 Å². The highest BCUT2D eigenvalue weighted by atomic mass is 16.5. The molecule has 0 aliphatic heterocycles. The van der Waals surface area contributed by atoms with Crippen molar-refractivity contribution >= 4 is 17.7 Å². The molecule has 26 heavy (non-hydrogen) atoms. The van der Waals surface area contributed by atoms with E-state index in [1.54, 1.807) is 31.4 Å². The predicted molar refractivity (Wildman–Crippen MR) is 100 cm³/mol. The quantitative estimate of drug-likeness (QED) is 0.707. The second-order valence-electron chi connectivity index (χ2n) is 5.77. The fourth-order valence-electron chi connectivity index (χ4n) is 2.25. The van der Waals surface area contributed by atoms with Gasteiger partial charge in [-0.25, -0.2) is 9.59 Å². The van der Waals surface area contributed by atoms with Crippen molar-refractivity contribution in [3.63, 3.8) is 0 Å². The number of methoxy groups -OCH3 is 1. The van der Waals surface area contributed by atoms with E-state index in [4.69, 9.17) is 9.47 Å². The second-order valence-corrected chi connectivity index (χ2v) is 5.77. The third kappa shape index (κ3) is 6.22. The molecule has 6 heteroatoms. The van der Waals surface area contributed by atoms with Gasteiger partial charge in [-0.1, -0.05) is 31.2 Å². The van der Waals surface area contributed by atoms with Crippen molar-refractivity contribution in [2.75, 3.05) is 19.0 Å². The Balaban J connectivity index is 1.81. The highest BCUT2D eigenvalue weighted by Gasteiger charge is 2.07. The van der Waals surface area contributed by atoms with Crippen LogP contribution < -0.4 is 10.6 Å². The summed E-state index contributed by atoms with van der Waals surface area (Å²) in [5, 5.41) is 5.52. The lowest BCUT2D eigenvalue weighted by molar-refractivity contribution is 0.0505. The molecule has 2 aromatic rings. The molecular weight excluding hydrogens is 332 g/mol. The highest BCUT2D eigenvalue weighted by molar-refractivity contribution is 5.92. The van der Waals surface area contributed by atoms with Crippen LogP contribution in [0, 0.1) is 0 Å². The van der Waals surface area contributed by atoms with Crippen molar-refractivity contribution in [3.8, 4) is 0 Å². The Morgan fingerprint density at radius 2 is 1.62 bits per heavy atom. The standard InChI is InChI=1S/C20H24N2O4/c1-3-12-26-19(23)17-8-10-18(11-9-17)22-20(24)21-13-15-4-6-16(7-5-15)14-25-2/h4-11H,3,12-14H2,1-2H3,(H2,21,22,24). The first-order valence-electron chi connectivity index (χ1n) is 8.51. The predicted octanol–water partition coefficient (Wildman–Crippen LogP) is 3.72. The molecule has 0 atom stereocenters. The maximum Gasteiger partial charge on any atom is 0.338 e. The molecule has 0 saturated heterocycles. The van der Waals surface area contributed by atoms with Crippen LogP contribution in [0.25, 0.3) is 0 Å². The first-order chi connectivity index (χ1) is 12.6. The summed E-state index contributed by atoms with van der Waals surface area (Å²) in [6.07, 6.45) is 0.778. The minimum Gasteiger partial charge on any atom is -0.462 e. The van der Waals surface area contributed by atoms with E-state index in [1.165, 1.54) is 0 Å². The number of anilines is 1. The molecule has 2 amide bonds.